The van der Waals surface area contributed by atoms with E-state index >= 15 is 0 Å². The molecular formula is C16H28N2O+2. The van der Waals surface area contributed by atoms with Gasteiger partial charge in [-0.2, -0.15) is 0 Å². The zero-order valence-electron chi connectivity index (χ0n) is 12.5. The van der Waals surface area contributed by atoms with Crippen LogP contribution in [0, 0.1) is 0 Å². The summed E-state index contributed by atoms with van der Waals surface area (Å²) in [6, 6.07) is 9.27. The van der Waals surface area contributed by atoms with Crippen LogP contribution < -0.4 is 14.5 Å². The number of hydrogen-bond donors (Lipinski definition) is 2. The Balaban J connectivity index is 1.96. The van der Waals surface area contributed by atoms with Crippen molar-refractivity contribution in [2.75, 3.05) is 33.8 Å². The molecule has 0 saturated carbocycles. The molecule has 0 bridgehead atoms. The Morgan fingerprint density at radius 2 is 1.95 bits per heavy atom. The number of quaternary nitrogens is 2. The Bertz CT molecular complexity index is 386. The standard InChI is InChI=1S/C16H26N2O/c1-4-19-16-8-6-5-7-14(16)13-18(3)15-9-11-17(2)12-10-15/h5-8,15H,4,9-13H2,1-3H3/p+2. The maximum absolute atomic E-state index is 5.72. The highest BCUT2D eigenvalue weighted by atomic mass is 16.5. The summed E-state index contributed by atoms with van der Waals surface area (Å²) in [4.78, 5) is 3.30. The second-order valence-corrected chi connectivity index (χ2v) is 5.80. The van der Waals surface area contributed by atoms with E-state index in [9.17, 15) is 0 Å². The summed E-state index contributed by atoms with van der Waals surface area (Å²) in [6.07, 6.45) is 2.68. The van der Waals surface area contributed by atoms with Crippen molar-refractivity contribution in [1.82, 2.24) is 0 Å². The molecular weight excluding hydrogens is 236 g/mol. The van der Waals surface area contributed by atoms with Crippen molar-refractivity contribution in [2.45, 2.75) is 32.4 Å². The fourth-order valence-electron chi connectivity index (χ4n) is 2.99. The Kier molecular flexibility index (Phi) is 5.23. The van der Waals surface area contributed by atoms with Crippen LogP contribution >= 0.6 is 0 Å². The van der Waals surface area contributed by atoms with Crippen LogP contribution in [0.5, 0.6) is 5.75 Å². The first-order valence-corrected chi connectivity index (χ1v) is 7.55. The Morgan fingerprint density at radius 1 is 1.26 bits per heavy atom. The van der Waals surface area contributed by atoms with E-state index in [4.69, 9.17) is 4.74 Å². The lowest BCUT2D eigenvalue weighted by Gasteiger charge is -2.31. The van der Waals surface area contributed by atoms with Gasteiger partial charge in [-0.1, -0.05) is 12.1 Å². The predicted octanol–water partition coefficient (Wildman–Crippen LogP) is -0.223. The average Bonchev–Trinajstić information content (AvgIpc) is 2.42. The van der Waals surface area contributed by atoms with E-state index in [-0.39, 0.29) is 0 Å². The molecule has 1 aromatic carbocycles. The number of hydrogen-bond acceptors (Lipinski definition) is 1. The zero-order valence-corrected chi connectivity index (χ0v) is 12.5. The normalized spacial score (nSPS) is 25.0. The molecule has 0 aliphatic carbocycles. The third-order valence-electron chi connectivity index (χ3n) is 4.28. The van der Waals surface area contributed by atoms with E-state index in [2.05, 4.69) is 38.4 Å². The number of nitrogens with one attached hydrogen (secondary N) is 2. The van der Waals surface area contributed by atoms with Crippen molar-refractivity contribution >= 4 is 0 Å². The molecule has 3 nitrogen and oxygen atoms in total. The van der Waals surface area contributed by atoms with E-state index in [0.29, 0.717) is 0 Å². The molecule has 0 aromatic heterocycles. The van der Waals surface area contributed by atoms with Crippen molar-refractivity contribution in [1.29, 1.82) is 0 Å². The quantitative estimate of drug-likeness (QED) is 0.752. The molecule has 0 radical (unpaired) electrons. The first kappa shape index (κ1) is 14.4. The van der Waals surface area contributed by atoms with Crippen LogP contribution in [0.25, 0.3) is 0 Å². The lowest BCUT2D eigenvalue weighted by atomic mass is 10.0. The highest BCUT2D eigenvalue weighted by Gasteiger charge is 2.26. The first-order chi connectivity index (χ1) is 9.20. The van der Waals surface area contributed by atoms with E-state index < -0.39 is 0 Å². The summed E-state index contributed by atoms with van der Waals surface area (Å²) in [6.45, 7) is 6.49. The topological polar surface area (TPSA) is 18.1 Å². The Hall–Kier alpha value is -1.06. The molecule has 106 valence electrons. The third-order valence-corrected chi connectivity index (χ3v) is 4.28. The minimum Gasteiger partial charge on any atom is -0.493 e. The summed E-state index contributed by atoms with van der Waals surface area (Å²) in [5.74, 6) is 1.06. The zero-order chi connectivity index (χ0) is 13.7. The first-order valence-electron chi connectivity index (χ1n) is 7.55. The van der Waals surface area contributed by atoms with Gasteiger partial charge >= 0.3 is 0 Å². The molecule has 1 aromatic rings. The smallest absolute Gasteiger partial charge is 0.128 e. The summed E-state index contributed by atoms with van der Waals surface area (Å²) in [7, 11) is 4.63. The molecule has 1 unspecified atom stereocenters. The van der Waals surface area contributed by atoms with Gasteiger partial charge in [0.2, 0.25) is 0 Å². The molecule has 3 heteroatoms. The average molecular weight is 264 g/mol. The second-order valence-electron chi connectivity index (χ2n) is 5.80. The van der Waals surface area contributed by atoms with Crippen molar-refractivity contribution in [3.63, 3.8) is 0 Å². The van der Waals surface area contributed by atoms with Gasteiger partial charge in [0.1, 0.15) is 12.3 Å². The van der Waals surface area contributed by atoms with Crippen molar-refractivity contribution in [3.8, 4) is 5.75 Å². The molecule has 1 aliphatic rings. The molecule has 2 rings (SSSR count). The number of para-hydroxylation sites is 1. The summed E-state index contributed by atoms with van der Waals surface area (Å²) >= 11 is 0. The Morgan fingerprint density at radius 3 is 2.63 bits per heavy atom. The second kappa shape index (κ2) is 6.92. The molecule has 2 N–H and O–H groups in total. The molecule has 1 aliphatic heterocycles. The van der Waals surface area contributed by atoms with E-state index in [1.807, 2.05) is 6.92 Å². The maximum atomic E-state index is 5.72. The number of benzene rings is 1. The van der Waals surface area contributed by atoms with Gasteiger partial charge in [0.25, 0.3) is 0 Å². The van der Waals surface area contributed by atoms with Crippen LogP contribution in [0.3, 0.4) is 0 Å². The van der Waals surface area contributed by atoms with Crippen molar-refractivity contribution < 1.29 is 14.5 Å². The van der Waals surface area contributed by atoms with Crippen LogP contribution in [0.1, 0.15) is 25.3 Å². The number of rotatable bonds is 5. The lowest BCUT2D eigenvalue weighted by molar-refractivity contribution is -0.948. The number of likely N-dealkylation sites (tertiary alicyclic amines) is 1. The SMILES string of the molecule is CCOc1ccccc1C[NH+](C)C1CC[NH+](C)CC1. The molecule has 19 heavy (non-hydrogen) atoms. The van der Waals surface area contributed by atoms with Gasteiger partial charge < -0.3 is 14.5 Å². The molecule has 1 heterocycles. The van der Waals surface area contributed by atoms with Gasteiger partial charge in [0.15, 0.2) is 0 Å². The monoisotopic (exact) mass is 264 g/mol. The van der Waals surface area contributed by atoms with Gasteiger partial charge in [0.05, 0.1) is 39.8 Å². The van der Waals surface area contributed by atoms with Crippen LogP contribution in [-0.2, 0) is 6.54 Å². The lowest BCUT2D eigenvalue weighted by Crippen LogP contribution is -3.17. The Labute approximate surface area is 117 Å². The minimum atomic E-state index is 0.744. The van der Waals surface area contributed by atoms with Crippen LogP contribution in [0.4, 0.5) is 0 Å². The fourth-order valence-corrected chi connectivity index (χ4v) is 2.99. The van der Waals surface area contributed by atoms with Gasteiger partial charge in [-0.3, -0.25) is 0 Å². The number of piperidine rings is 1. The largest absolute Gasteiger partial charge is 0.493 e. The molecule has 1 fully saturated rings. The summed E-state index contributed by atoms with van der Waals surface area (Å²) in [5, 5.41) is 0. The van der Waals surface area contributed by atoms with Gasteiger partial charge in [-0.05, 0) is 19.1 Å². The maximum Gasteiger partial charge on any atom is 0.128 e. The highest BCUT2D eigenvalue weighted by molar-refractivity contribution is 5.32. The molecule has 0 amide bonds. The predicted molar refractivity (Wildman–Crippen MR) is 77.8 cm³/mol. The van der Waals surface area contributed by atoms with Gasteiger partial charge in [-0.15, -0.1) is 0 Å². The van der Waals surface area contributed by atoms with E-state index in [1.54, 1.807) is 9.80 Å². The van der Waals surface area contributed by atoms with E-state index in [0.717, 1.165) is 24.9 Å². The van der Waals surface area contributed by atoms with Crippen LogP contribution in [0.2, 0.25) is 0 Å². The van der Waals surface area contributed by atoms with Crippen LogP contribution in [0.15, 0.2) is 24.3 Å². The minimum absolute atomic E-state index is 0.744. The third kappa shape index (κ3) is 3.95. The number of ether oxygens (including phenoxy) is 1. The van der Waals surface area contributed by atoms with E-state index in [1.165, 1.54) is 31.5 Å². The van der Waals surface area contributed by atoms with Crippen LogP contribution in [-0.4, -0.2) is 39.8 Å². The summed E-state index contributed by atoms with van der Waals surface area (Å²) in [5.41, 5.74) is 1.34. The molecule has 0 spiro atoms. The van der Waals surface area contributed by atoms with Gasteiger partial charge in [-0.25, -0.2) is 0 Å². The highest BCUT2D eigenvalue weighted by Crippen LogP contribution is 2.16. The van der Waals surface area contributed by atoms with Gasteiger partial charge in [0, 0.05) is 18.4 Å². The fraction of sp³-hybridized carbons (Fsp3) is 0.625. The van der Waals surface area contributed by atoms with Crippen molar-refractivity contribution in [3.05, 3.63) is 29.8 Å². The van der Waals surface area contributed by atoms with Crippen molar-refractivity contribution in [2.24, 2.45) is 0 Å². The molecule has 1 atom stereocenters. The summed E-state index contributed by atoms with van der Waals surface area (Å²) < 4.78 is 5.72. The molecule has 1 saturated heterocycles.